The van der Waals surface area contributed by atoms with Crippen molar-refractivity contribution in [2.45, 2.75) is 79.1 Å². The Kier molecular flexibility index (Phi) is 12.2. The molecule has 0 spiro atoms. The fourth-order valence-electron chi connectivity index (χ4n) is 2.54. The van der Waals surface area contributed by atoms with E-state index in [0.717, 1.165) is 24.2 Å². The summed E-state index contributed by atoms with van der Waals surface area (Å²) in [6.45, 7) is 10.4. The Hall–Kier alpha value is -0.530. The fourth-order valence-corrected chi connectivity index (χ4v) is 2.54. The van der Waals surface area contributed by atoms with Gasteiger partial charge in [-0.3, -0.25) is 4.79 Å². The quantitative estimate of drug-likeness (QED) is 0.339. The second-order valence-corrected chi connectivity index (χ2v) is 6.58. The molecule has 2 unspecified atom stereocenters. The van der Waals surface area contributed by atoms with Gasteiger partial charge in [-0.2, -0.15) is 0 Å². The molecule has 0 aliphatic rings. The van der Waals surface area contributed by atoms with Gasteiger partial charge in [0, 0.05) is 0 Å². The molecule has 0 radical (unpaired) electrons. The van der Waals surface area contributed by atoms with Gasteiger partial charge >= 0.3 is 0 Å². The molecule has 0 aromatic heterocycles. The molecular formula is C17H34O2. The van der Waals surface area contributed by atoms with E-state index in [1.165, 1.54) is 44.9 Å². The van der Waals surface area contributed by atoms with Crippen LogP contribution in [0.15, 0.2) is 0 Å². The molecule has 0 saturated carbocycles. The summed E-state index contributed by atoms with van der Waals surface area (Å²) >= 11 is 0. The van der Waals surface area contributed by atoms with Crippen LogP contribution in [0, 0.1) is 17.8 Å². The van der Waals surface area contributed by atoms with Gasteiger partial charge in [-0.25, -0.2) is 0 Å². The zero-order valence-electron chi connectivity index (χ0n) is 13.5. The first-order valence-corrected chi connectivity index (χ1v) is 8.11. The lowest BCUT2D eigenvalue weighted by Gasteiger charge is -2.14. The standard InChI is InChI=1S/C17H34O2/c1-15(2)8-5-9-16(3)10-6-11-17(4)12-7-13-19-14-18/h14-17H,5-13H2,1-4H3. The minimum atomic E-state index is 0.545. The largest absolute Gasteiger partial charge is 0.468 e. The Balaban J connectivity index is 3.37. The number of hydrogen-bond donors (Lipinski definition) is 0. The molecule has 0 fully saturated rings. The van der Waals surface area contributed by atoms with Crippen LogP contribution in [0.2, 0.25) is 0 Å². The SMILES string of the molecule is CC(C)CCCC(C)CCCC(C)CCCOC=O. The lowest BCUT2D eigenvalue weighted by molar-refractivity contribution is -0.128. The molecule has 0 aromatic rings. The lowest BCUT2D eigenvalue weighted by Crippen LogP contribution is -2.01. The van der Waals surface area contributed by atoms with Gasteiger partial charge in [0.15, 0.2) is 0 Å². The van der Waals surface area contributed by atoms with E-state index in [2.05, 4.69) is 27.7 Å². The Morgan fingerprint density at radius 1 is 0.789 bits per heavy atom. The summed E-state index contributed by atoms with van der Waals surface area (Å²) in [5.74, 6) is 2.49. The number of ether oxygens (including phenoxy) is 1. The third kappa shape index (κ3) is 13.7. The van der Waals surface area contributed by atoms with Crippen molar-refractivity contribution in [3.8, 4) is 0 Å². The molecule has 0 N–H and O–H groups in total. The highest BCUT2D eigenvalue weighted by molar-refractivity contribution is 5.36. The van der Waals surface area contributed by atoms with Crippen LogP contribution in [-0.4, -0.2) is 13.1 Å². The van der Waals surface area contributed by atoms with Crippen LogP contribution in [-0.2, 0) is 9.53 Å². The second-order valence-electron chi connectivity index (χ2n) is 6.58. The second kappa shape index (κ2) is 12.5. The molecule has 0 aliphatic heterocycles. The maximum absolute atomic E-state index is 10.0. The molecule has 2 atom stereocenters. The molecule has 0 bridgehead atoms. The number of carbonyl (C=O) groups is 1. The summed E-state index contributed by atoms with van der Waals surface area (Å²) in [5, 5.41) is 0. The third-order valence-electron chi connectivity index (χ3n) is 3.90. The van der Waals surface area contributed by atoms with Gasteiger partial charge in [-0.05, 0) is 30.6 Å². The van der Waals surface area contributed by atoms with Crippen LogP contribution < -0.4 is 0 Å². The summed E-state index contributed by atoms with van der Waals surface area (Å²) < 4.78 is 4.71. The molecular weight excluding hydrogens is 236 g/mol. The normalized spacial score (nSPS) is 14.4. The minimum absolute atomic E-state index is 0.545. The first-order valence-electron chi connectivity index (χ1n) is 8.11. The number of rotatable bonds is 13. The lowest BCUT2D eigenvalue weighted by atomic mass is 9.92. The Morgan fingerprint density at radius 3 is 1.74 bits per heavy atom. The van der Waals surface area contributed by atoms with E-state index >= 15 is 0 Å². The van der Waals surface area contributed by atoms with Gasteiger partial charge < -0.3 is 4.74 Å². The zero-order chi connectivity index (χ0) is 14.5. The van der Waals surface area contributed by atoms with Gasteiger partial charge in [0.2, 0.25) is 0 Å². The summed E-state index contributed by atoms with van der Waals surface area (Å²) in [4.78, 5) is 10.0. The highest BCUT2D eigenvalue weighted by Crippen LogP contribution is 2.20. The highest BCUT2D eigenvalue weighted by atomic mass is 16.5. The van der Waals surface area contributed by atoms with E-state index in [0.29, 0.717) is 13.1 Å². The van der Waals surface area contributed by atoms with Gasteiger partial charge in [0.05, 0.1) is 6.61 Å². The third-order valence-corrected chi connectivity index (χ3v) is 3.90. The van der Waals surface area contributed by atoms with Crippen LogP contribution in [0.1, 0.15) is 79.1 Å². The molecule has 114 valence electrons. The van der Waals surface area contributed by atoms with Crippen LogP contribution in [0.3, 0.4) is 0 Å². The van der Waals surface area contributed by atoms with Crippen molar-refractivity contribution < 1.29 is 9.53 Å². The average molecular weight is 270 g/mol. The van der Waals surface area contributed by atoms with Gasteiger partial charge in [0.1, 0.15) is 0 Å². The monoisotopic (exact) mass is 270 g/mol. The van der Waals surface area contributed by atoms with E-state index < -0.39 is 0 Å². The predicted molar refractivity (Wildman–Crippen MR) is 82.1 cm³/mol. The smallest absolute Gasteiger partial charge is 0.293 e. The number of hydrogen-bond acceptors (Lipinski definition) is 2. The van der Waals surface area contributed by atoms with Gasteiger partial charge in [-0.1, -0.05) is 66.2 Å². The van der Waals surface area contributed by atoms with E-state index in [9.17, 15) is 4.79 Å². The van der Waals surface area contributed by atoms with Gasteiger partial charge in [-0.15, -0.1) is 0 Å². The van der Waals surface area contributed by atoms with Gasteiger partial charge in [0.25, 0.3) is 6.47 Å². The van der Waals surface area contributed by atoms with Crippen LogP contribution >= 0.6 is 0 Å². The van der Waals surface area contributed by atoms with E-state index in [4.69, 9.17) is 4.74 Å². The highest BCUT2D eigenvalue weighted by Gasteiger charge is 2.06. The average Bonchev–Trinajstić information content (AvgIpc) is 2.34. The summed E-state index contributed by atoms with van der Waals surface area (Å²) in [5.41, 5.74) is 0. The van der Waals surface area contributed by atoms with Crippen LogP contribution in [0.4, 0.5) is 0 Å². The van der Waals surface area contributed by atoms with Crippen molar-refractivity contribution in [3.05, 3.63) is 0 Å². The summed E-state index contributed by atoms with van der Waals surface area (Å²) in [6.07, 6.45) is 10.4. The van der Waals surface area contributed by atoms with Crippen LogP contribution in [0.25, 0.3) is 0 Å². The first-order chi connectivity index (χ1) is 9.06. The molecule has 0 heterocycles. The van der Waals surface area contributed by atoms with E-state index in [-0.39, 0.29) is 0 Å². The first kappa shape index (κ1) is 18.5. The van der Waals surface area contributed by atoms with E-state index in [1.807, 2.05) is 0 Å². The number of carbonyl (C=O) groups excluding carboxylic acids is 1. The topological polar surface area (TPSA) is 26.3 Å². The zero-order valence-corrected chi connectivity index (χ0v) is 13.5. The molecule has 0 amide bonds. The molecule has 2 nitrogen and oxygen atoms in total. The van der Waals surface area contributed by atoms with Crippen molar-refractivity contribution in [1.82, 2.24) is 0 Å². The fraction of sp³-hybridized carbons (Fsp3) is 0.941. The Bertz CT molecular complexity index is 201. The van der Waals surface area contributed by atoms with Crippen molar-refractivity contribution in [2.24, 2.45) is 17.8 Å². The summed E-state index contributed by atoms with van der Waals surface area (Å²) in [6, 6.07) is 0. The molecule has 0 aromatic carbocycles. The van der Waals surface area contributed by atoms with Crippen molar-refractivity contribution in [1.29, 1.82) is 0 Å². The molecule has 0 saturated heterocycles. The minimum Gasteiger partial charge on any atom is -0.468 e. The van der Waals surface area contributed by atoms with E-state index in [1.54, 1.807) is 0 Å². The van der Waals surface area contributed by atoms with Crippen LogP contribution in [0.5, 0.6) is 0 Å². The molecule has 0 aliphatic carbocycles. The molecule has 0 rings (SSSR count). The predicted octanol–water partition coefficient (Wildman–Crippen LogP) is 5.21. The molecule has 2 heteroatoms. The Morgan fingerprint density at radius 2 is 1.26 bits per heavy atom. The Labute approximate surface area is 120 Å². The van der Waals surface area contributed by atoms with Crippen molar-refractivity contribution in [3.63, 3.8) is 0 Å². The molecule has 19 heavy (non-hydrogen) atoms. The summed E-state index contributed by atoms with van der Waals surface area (Å²) in [7, 11) is 0. The van der Waals surface area contributed by atoms with Crippen molar-refractivity contribution in [2.75, 3.05) is 6.61 Å². The maximum atomic E-state index is 10.0. The maximum Gasteiger partial charge on any atom is 0.293 e. The van der Waals surface area contributed by atoms with Crippen molar-refractivity contribution >= 4 is 6.47 Å².